The summed E-state index contributed by atoms with van der Waals surface area (Å²) >= 11 is 0. The van der Waals surface area contributed by atoms with Crippen molar-refractivity contribution in [3.05, 3.63) is 89.3 Å². The molecule has 8 nitrogen and oxygen atoms in total. The van der Waals surface area contributed by atoms with Crippen LogP contribution in [0.1, 0.15) is 34.1 Å². The van der Waals surface area contributed by atoms with Crippen molar-refractivity contribution in [1.82, 2.24) is 0 Å². The van der Waals surface area contributed by atoms with Crippen LogP contribution in [-0.4, -0.2) is 30.6 Å². The van der Waals surface area contributed by atoms with Gasteiger partial charge in [0.05, 0.1) is 21.9 Å². The molecule has 3 aliphatic rings. The molecule has 0 fully saturated rings. The van der Waals surface area contributed by atoms with Gasteiger partial charge in [0.25, 0.3) is 0 Å². The molecule has 6 N–H and O–H groups in total. The number of rotatable bonds is 0. The zero-order valence-electron chi connectivity index (χ0n) is 20.0. The van der Waals surface area contributed by atoms with Crippen molar-refractivity contribution < 1.29 is 30.6 Å². The van der Waals surface area contributed by atoms with Crippen LogP contribution in [0.15, 0.2) is 51.0 Å². The standard InChI is InChI=1S/C30H18O8/c1-7-3-9(31)19-23-15(7)16-8(2)4-10(32)20-24(16)28-26-18(12(34)6-14(36)22(26)30(20)38)17-11(33)5-13(35)21(29(19)37)25(17)27(23)28/h3-6,17,25,32-35,37-38H,1-2H3. The number of phenolic OH excluding ortho intramolecular Hbond substituents is 3. The predicted molar refractivity (Wildman–Crippen MR) is 142 cm³/mol. The molecule has 0 heterocycles. The van der Waals surface area contributed by atoms with Crippen LogP contribution in [0.2, 0.25) is 0 Å². The van der Waals surface area contributed by atoms with E-state index < -0.39 is 45.7 Å². The van der Waals surface area contributed by atoms with Crippen molar-refractivity contribution in [2.75, 3.05) is 0 Å². The number of aliphatic hydroxyl groups excluding tert-OH is 3. The van der Waals surface area contributed by atoms with E-state index in [-0.39, 0.29) is 44.0 Å². The lowest BCUT2D eigenvalue weighted by Gasteiger charge is -2.40. The Bertz CT molecular complexity index is 2310. The number of hydrogen-bond donors (Lipinski definition) is 6. The Morgan fingerprint density at radius 2 is 1.26 bits per heavy atom. The number of aryl methyl sites for hydroxylation is 2. The second-order valence-electron chi connectivity index (χ2n) is 10.5. The highest BCUT2D eigenvalue weighted by Gasteiger charge is 2.48. The molecule has 8 rings (SSSR count). The summed E-state index contributed by atoms with van der Waals surface area (Å²) in [6.07, 6.45) is 1.06. The third kappa shape index (κ3) is 1.97. The molecule has 38 heavy (non-hydrogen) atoms. The van der Waals surface area contributed by atoms with Crippen molar-refractivity contribution in [3.63, 3.8) is 0 Å². The number of aromatic hydroxyl groups is 3. The van der Waals surface area contributed by atoms with E-state index in [4.69, 9.17) is 0 Å². The summed E-state index contributed by atoms with van der Waals surface area (Å²) in [7, 11) is 0. The average molecular weight is 506 g/mol. The smallest absolute Gasteiger partial charge is 0.193 e. The summed E-state index contributed by atoms with van der Waals surface area (Å²) in [6, 6.07) is 3.83. The van der Waals surface area contributed by atoms with Crippen LogP contribution in [0.25, 0.3) is 48.8 Å². The SMILES string of the molecule is Cc1cc(=O)c2c3c4c5c6c(c(O)cc(=O)c6c(O)c6c(O)cc(C)c(c13)c65)C1C(O)=CC(O)=C(C=2O)C41. The quantitative estimate of drug-likeness (QED) is 0.136. The summed E-state index contributed by atoms with van der Waals surface area (Å²) in [5.41, 5.74) is 0.746. The number of benzene rings is 5. The summed E-state index contributed by atoms with van der Waals surface area (Å²) in [6.45, 7) is 3.53. The van der Waals surface area contributed by atoms with Gasteiger partial charge in [0.2, 0.25) is 0 Å². The van der Waals surface area contributed by atoms with Gasteiger partial charge in [-0.1, -0.05) is 0 Å². The molecule has 0 bridgehead atoms. The van der Waals surface area contributed by atoms with Crippen molar-refractivity contribution in [2.24, 2.45) is 0 Å². The van der Waals surface area contributed by atoms with Crippen molar-refractivity contribution >= 4 is 48.8 Å². The fourth-order valence-corrected chi connectivity index (χ4v) is 7.48. The van der Waals surface area contributed by atoms with Crippen molar-refractivity contribution in [3.8, 4) is 17.2 Å². The van der Waals surface area contributed by atoms with Crippen LogP contribution in [0.5, 0.6) is 17.2 Å². The van der Waals surface area contributed by atoms with Gasteiger partial charge in [0.1, 0.15) is 34.5 Å². The first-order chi connectivity index (χ1) is 18.0. The van der Waals surface area contributed by atoms with E-state index in [0.29, 0.717) is 43.6 Å². The maximum atomic E-state index is 13.4. The van der Waals surface area contributed by atoms with Crippen LogP contribution < -0.4 is 16.1 Å². The number of phenols is 3. The Balaban J connectivity index is 1.93. The normalized spacial score (nSPS) is 19.6. The number of fused-ring (bicyclic) bond motifs is 2. The van der Waals surface area contributed by atoms with E-state index in [1.807, 2.05) is 0 Å². The van der Waals surface area contributed by atoms with Crippen LogP contribution in [0, 0.1) is 13.8 Å². The summed E-state index contributed by atoms with van der Waals surface area (Å²) in [5, 5.41) is 69.8. The van der Waals surface area contributed by atoms with Gasteiger partial charge in [-0.2, -0.15) is 0 Å². The molecule has 8 heteroatoms. The predicted octanol–water partition coefficient (Wildman–Crippen LogP) is 4.04. The Kier molecular flexibility index (Phi) is 3.40. The number of hydrogen-bond acceptors (Lipinski definition) is 8. The fraction of sp³-hybridized carbons (Fsp3) is 0.133. The van der Waals surface area contributed by atoms with Gasteiger partial charge >= 0.3 is 0 Å². The van der Waals surface area contributed by atoms with E-state index in [1.54, 1.807) is 13.8 Å². The molecule has 0 saturated carbocycles. The van der Waals surface area contributed by atoms with E-state index in [2.05, 4.69) is 0 Å². The molecule has 0 aliphatic heterocycles. The van der Waals surface area contributed by atoms with Gasteiger partial charge in [0, 0.05) is 45.4 Å². The van der Waals surface area contributed by atoms with Gasteiger partial charge in [-0.05, 0) is 58.8 Å². The number of allylic oxidation sites excluding steroid dienone is 2. The highest BCUT2D eigenvalue weighted by atomic mass is 16.3. The highest BCUT2D eigenvalue weighted by Crippen LogP contribution is 2.62. The summed E-state index contributed by atoms with van der Waals surface area (Å²) in [5.74, 6) is -4.20. The topological polar surface area (TPSA) is 156 Å². The lowest BCUT2D eigenvalue weighted by molar-refractivity contribution is 0.320. The third-order valence-corrected chi connectivity index (χ3v) is 8.70. The largest absolute Gasteiger partial charge is 0.511 e. The van der Waals surface area contributed by atoms with Crippen LogP contribution in [-0.2, 0) is 0 Å². The molecule has 3 aliphatic carbocycles. The lowest BCUT2D eigenvalue weighted by Crippen LogP contribution is -2.37. The van der Waals surface area contributed by atoms with Crippen LogP contribution in [0.3, 0.4) is 0 Å². The first-order valence-corrected chi connectivity index (χ1v) is 12.0. The maximum absolute atomic E-state index is 13.4. The van der Waals surface area contributed by atoms with Crippen molar-refractivity contribution in [1.29, 1.82) is 0 Å². The van der Waals surface area contributed by atoms with Gasteiger partial charge in [0.15, 0.2) is 10.9 Å². The van der Waals surface area contributed by atoms with Crippen LogP contribution >= 0.6 is 0 Å². The minimum atomic E-state index is -1.03. The van der Waals surface area contributed by atoms with Gasteiger partial charge in [-0.15, -0.1) is 0 Å². The maximum Gasteiger partial charge on any atom is 0.193 e. The Labute approximate surface area is 211 Å². The minimum absolute atomic E-state index is 0.00890. The molecule has 186 valence electrons. The average Bonchev–Trinajstić information content (AvgIpc) is 2.82. The Hall–Kier alpha value is -4.98. The van der Waals surface area contributed by atoms with Gasteiger partial charge in [-0.25, -0.2) is 0 Å². The fourth-order valence-electron chi connectivity index (χ4n) is 7.48. The molecule has 5 aromatic carbocycles. The number of aliphatic hydroxyl groups is 3. The van der Waals surface area contributed by atoms with Crippen molar-refractivity contribution in [2.45, 2.75) is 25.7 Å². The molecular weight excluding hydrogens is 488 g/mol. The Morgan fingerprint density at radius 1 is 0.605 bits per heavy atom. The molecule has 0 radical (unpaired) electrons. The Morgan fingerprint density at radius 3 is 2.00 bits per heavy atom. The molecule has 0 aromatic heterocycles. The van der Waals surface area contributed by atoms with E-state index in [1.165, 1.54) is 12.1 Å². The minimum Gasteiger partial charge on any atom is -0.511 e. The van der Waals surface area contributed by atoms with Crippen LogP contribution in [0.4, 0.5) is 0 Å². The molecule has 2 unspecified atom stereocenters. The zero-order chi connectivity index (χ0) is 26.7. The van der Waals surface area contributed by atoms with E-state index in [9.17, 15) is 40.2 Å². The molecule has 0 amide bonds. The summed E-state index contributed by atoms with van der Waals surface area (Å²) in [4.78, 5) is 26.6. The molecular formula is C30H18O8. The second kappa shape index (κ2) is 6.11. The van der Waals surface area contributed by atoms with Gasteiger partial charge < -0.3 is 30.6 Å². The third-order valence-electron chi connectivity index (χ3n) is 8.70. The molecule has 5 aromatic rings. The first kappa shape index (κ1) is 21.1. The van der Waals surface area contributed by atoms with Gasteiger partial charge in [-0.3, -0.25) is 9.59 Å². The molecule has 2 atom stereocenters. The molecule has 0 spiro atoms. The highest BCUT2D eigenvalue weighted by molar-refractivity contribution is 6.35. The second-order valence-corrected chi connectivity index (χ2v) is 10.5. The summed E-state index contributed by atoms with van der Waals surface area (Å²) < 4.78 is 0. The lowest BCUT2D eigenvalue weighted by atomic mass is 9.62. The molecule has 0 saturated heterocycles. The zero-order valence-corrected chi connectivity index (χ0v) is 20.0. The first-order valence-electron chi connectivity index (χ1n) is 12.0. The van der Waals surface area contributed by atoms with E-state index >= 15 is 0 Å². The monoisotopic (exact) mass is 506 g/mol. The van der Waals surface area contributed by atoms with E-state index in [0.717, 1.165) is 12.1 Å².